The summed E-state index contributed by atoms with van der Waals surface area (Å²) >= 11 is 0. The third-order valence-corrected chi connectivity index (χ3v) is 2.26. The van der Waals surface area contributed by atoms with Crippen molar-refractivity contribution in [2.75, 3.05) is 6.61 Å². The van der Waals surface area contributed by atoms with Crippen molar-refractivity contribution in [3.63, 3.8) is 0 Å². The first kappa shape index (κ1) is 12.0. The molecule has 1 heterocycles. The molecule has 3 nitrogen and oxygen atoms in total. The summed E-state index contributed by atoms with van der Waals surface area (Å²) in [5.74, 6) is 3.87. The molecule has 0 atom stereocenters. The lowest BCUT2D eigenvalue weighted by atomic mass is 10.3. The number of ether oxygens (including phenoxy) is 2. The molecular formula is C15H13NO2. The Morgan fingerprint density at radius 3 is 2.67 bits per heavy atom. The molecule has 0 spiro atoms. The fourth-order valence-corrected chi connectivity index (χ4v) is 1.43. The Labute approximate surface area is 106 Å². The predicted molar refractivity (Wildman–Crippen MR) is 69.3 cm³/mol. The van der Waals surface area contributed by atoms with Gasteiger partial charge in [0.2, 0.25) is 0 Å². The summed E-state index contributed by atoms with van der Waals surface area (Å²) < 4.78 is 11.0. The number of rotatable bonds is 5. The topological polar surface area (TPSA) is 31.4 Å². The van der Waals surface area contributed by atoms with Crippen LogP contribution in [0.4, 0.5) is 0 Å². The highest BCUT2D eigenvalue weighted by atomic mass is 16.5. The van der Waals surface area contributed by atoms with Gasteiger partial charge in [0.25, 0.3) is 0 Å². The van der Waals surface area contributed by atoms with Gasteiger partial charge < -0.3 is 9.47 Å². The van der Waals surface area contributed by atoms with Crippen LogP contribution in [0.5, 0.6) is 11.5 Å². The Morgan fingerprint density at radius 1 is 1.11 bits per heavy atom. The molecule has 0 amide bonds. The van der Waals surface area contributed by atoms with Crippen LogP contribution in [0.25, 0.3) is 0 Å². The van der Waals surface area contributed by atoms with Crippen molar-refractivity contribution in [2.45, 2.75) is 6.61 Å². The average molecular weight is 239 g/mol. The van der Waals surface area contributed by atoms with Gasteiger partial charge >= 0.3 is 0 Å². The molecule has 0 saturated carbocycles. The number of nitrogens with zero attached hydrogens (tertiary/aromatic N) is 1. The smallest absolute Gasteiger partial charge is 0.148 e. The minimum absolute atomic E-state index is 0.256. The Kier molecular flexibility index (Phi) is 4.21. The fraction of sp³-hybridized carbons (Fsp3) is 0.133. The van der Waals surface area contributed by atoms with Gasteiger partial charge in [-0.05, 0) is 18.2 Å². The third kappa shape index (κ3) is 3.53. The van der Waals surface area contributed by atoms with E-state index in [0.29, 0.717) is 12.4 Å². The molecule has 1 aromatic heterocycles. The molecule has 90 valence electrons. The van der Waals surface area contributed by atoms with Crippen molar-refractivity contribution in [3.8, 4) is 23.8 Å². The maximum atomic E-state index is 5.64. The van der Waals surface area contributed by atoms with Crippen LogP contribution in [0.1, 0.15) is 5.56 Å². The molecular weight excluding hydrogens is 226 g/mol. The normalized spacial score (nSPS) is 9.50. The second-order valence-corrected chi connectivity index (χ2v) is 3.62. The number of hydrogen-bond acceptors (Lipinski definition) is 3. The van der Waals surface area contributed by atoms with Gasteiger partial charge in [0.15, 0.2) is 0 Å². The summed E-state index contributed by atoms with van der Waals surface area (Å²) in [6.07, 6.45) is 8.65. The minimum atomic E-state index is 0.256. The molecule has 1 aromatic carbocycles. The van der Waals surface area contributed by atoms with E-state index in [1.807, 2.05) is 36.4 Å². The Bertz CT molecular complexity index is 532. The lowest BCUT2D eigenvalue weighted by molar-refractivity contribution is 0.301. The van der Waals surface area contributed by atoms with Crippen LogP contribution in [-0.4, -0.2) is 11.6 Å². The summed E-state index contributed by atoms with van der Waals surface area (Å²) in [5, 5.41) is 0. The first-order valence-corrected chi connectivity index (χ1v) is 5.56. The SMILES string of the molecule is C#CCOc1cccc(OCc2cccnc2)c1. The largest absolute Gasteiger partial charge is 0.489 e. The molecule has 3 heteroatoms. The molecule has 0 saturated heterocycles. The van der Waals surface area contributed by atoms with Crippen LogP contribution in [0, 0.1) is 12.3 Å². The van der Waals surface area contributed by atoms with Crippen molar-refractivity contribution >= 4 is 0 Å². The van der Waals surface area contributed by atoms with Gasteiger partial charge in [-0.2, -0.15) is 0 Å². The number of pyridine rings is 1. The van der Waals surface area contributed by atoms with E-state index in [-0.39, 0.29) is 6.61 Å². The lowest BCUT2D eigenvalue weighted by Gasteiger charge is -2.08. The van der Waals surface area contributed by atoms with E-state index < -0.39 is 0 Å². The van der Waals surface area contributed by atoms with Gasteiger partial charge in [-0.15, -0.1) is 6.42 Å². The first-order valence-electron chi connectivity index (χ1n) is 5.56. The number of aromatic nitrogens is 1. The van der Waals surface area contributed by atoms with Crippen LogP contribution in [0.2, 0.25) is 0 Å². The molecule has 0 unspecified atom stereocenters. The summed E-state index contributed by atoms with van der Waals surface area (Å²) in [7, 11) is 0. The van der Waals surface area contributed by atoms with E-state index in [9.17, 15) is 0 Å². The minimum Gasteiger partial charge on any atom is -0.489 e. The highest BCUT2D eigenvalue weighted by Crippen LogP contribution is 2.20. The summed E-state index contributed by atoms with van der Waals surface area (Å²) in [4.78, 5) is 4.03. The standard InChI is InChI=1S/C15H13NO2/c1-2-9-17-14-6-3-7-15(10-14)18-12-13-5-4-8-16-11-13/h1,3-8,10-11H,9,12H2. The molecule has 0 aliphatic carbocycles. The highest BCUT2D eigenvalue weighted by molar-refractivity contribution is 5.33. The van der Waals surface area contributed by atoms with Crippen molar-refractivity contribution in [2.24, 2.45) is 0 Å². The van der Waals surface area contributed by atoms with Crippen molar-refractivity contribution in [1.29, 1.82) is 0 Å². The van der Waals surface area contributed by atoms with Crippen LogP contribution >= 0.6 is 0 Å². The maximum Gasteiger partial charge on any atom is 0.148 e. The quantitative estimate of drug-likeness (QED) is 0.752. The van der Waals surface area contributed by atoms with E-state index in [4.69, 9.17) is 15.9 Å². The van der Waals surface area contributed by atoms with Gasteiger partial charge in [-0.1, -0.05) is 18.1 Å². The van der Waals surface area contributed by atoms with Gasteiger partial charge in [0, 0.05) is 24.0 Å². The lowest BCUT2D eigenvalue weighted by Crippen LogP contribution is -1.97. The van der Waals surface area contributed by atoms with Crippen molar-refractivity contribution in [3.05, 3.63) is 54.4 Å². The van der Waals surface area contributed by atoms with Crippen LogP contribution in [0.3, 0.4) is 0 Å². The molecule has 0 N–H and O–H groups in total. The Hall–Kier alpha value is -2.47. The molecule has 18 heavy (non-hydrogen) atoms. The van der Waals surface area contributed by atoms with E-state index in [0.717, 1.165) is 11.3 Å². The van der Waals surface area contributed by atoms with Gasteiger partial charge in [0.05, 0.1) is 0 Å². The van der Waals surface area contributed by atoms with Gasteiger partial charge in [-0.3, -0.25) is 4.98 Å². The third-order valence-electron chi connectivity index (χ3n) is 2.26. The average Bonchev–Trinajstić information content (AvgIpc) is 2.44. The molecule has 0 aliphatic rings. The Morgan fingerprint density at radius 2 is 1.94 bits per heavy atom. The zero-order valence-electron chi connectivity index (χ0n) is 9.87. The second kappa shape index (κ2) is 6.31. The van der Waals surface area contributed by atoms with Crippen molar-refractivity contribution < 1.29 is 9.47 Å². The fourth-order valence-electron chi connectivity index (χ4n) is 1.43. The summed E-state index contributed by atoms with van der Waals surface area (Å²) in [5.41, 5.74) is 1.02. The van der Waals surface area contributed by atoms with E-state index in [1.165, 1.54) is 0 Å². The monoisotopic (exact) mass is 239 g/mol. The second-order valence-electron chi connectivity index (χ2n) is 3.62. The molecule has 2 aromatic rings. The van der Waals surface area contributed by atoms with Crippen LogP contribution < -0.4 is 9.47 Å². The highest BCUT2D eigenvalue weighted by Gasteiger charge is 1.98. The van der Waals surface area contributed by atoms with Crippen molar-refractivity contribution in [1.82, 2.24) is 4.98 Å². The molecule has 0 bridgehead atoms. The van der Waals surface area contributed by atoms with Gasteiger partial charge in [-0.25, -0.2) is 0 Å². The predicted octanol–water partition coefficient (Wildman–Crippen LogP) is 2.67. The first-order chi connectivity index (χ1) is 8.88. The van der Waals surface area contributed by atoms with E-state index >= 15 is 0 Å². The van der Waals surface area contributed by atoms with E-state index in [1.54, 1.807) is 12.4 Å². The molecule has 2 rings (SSSR count). The maximum absolute atomic E-state index is 5.64. The zero-order chi connectivity index (χ0) is 12.6. The molecule has 0 radical (unpaired) electrons. The molecule has 0 aliphatic heterocycles. The number of hydrogen-bond donors (Lipinski definition) is 0. The van der Waals surface area contributed by atoms with Gasteiger partial charge in [0.1, 0.15) is 24.7 Å². The van der Waals surface area contributed by atoms with E-state index in [2.05, 4.69) is 10.9 Å². The number of benzene rings is 1. The summed E-state index contributed by atoms with van der Waals surface area (Å²) in [6.45, 7) is 0.735. The number of terminal acetylenes is 1. The Balaban J connectivity index is 1.95. The zero-order valence-corrected chi connectivity index (χ0v) is 9.87. The summed E-state index contributed by atoms with van der Waals surface area (Å²) in [6, 6.07) is 11.2. The van der Waals surface area contributed by atoms with Crippen LogP contribution in [0.15, 0.2) is 48.8 Å². The molecule has 0 fully saturated rings. The van der Waals surface area contributed by atoms with Crippen LogP contribution in [-0.2, 0) is 6.61 Å².